The van der Waals surface area contributed by atoms with Gasteiger partial charge in [0.2, 0.25) is 0 Å². The van der Waals surface area contributed by atoms with Gasteiger partial charge < -0.3 is 4.74 Å². The fraction of sp³-hybridized carbons (Fsp3) is 0.278. The third kappa shape index (κ3) is 4.73. The summed E-state index contributed by atoms with van der Waals surface area (Å²) in [5, 5.41) is 10.2. The van der Waals surface area contributed by atoms with E-state index in [1.165, 1.54) is 18.2 Å². The first-order valence-corrected chi connectivity index (χ1v) is 8.97. The fourth-order valence-electron chi connectivity index (χ4n) is 2.33. The highest BCUT2D eigenvalue weighted by atomic mass is 32.2. The zero-order chi connectivity index (χ0) is 18.4. The molecule has 6 nitrogen and oxygen atoms in total. The van der Waals surface area contributed by atoms with Crippen molar-refractivity contribution in [3.63, 3.8) is 0 Å². The van der Waals surface area contributed by atoms with Crippen LogP contribution in [0.4, 0.5) is 5.69 Å². The van der Waals surface area contributed by atoms with Crippen molar-refractivity contribution < 1.29 is 18.7 Å². The Bertz CT molecular complexity index is 776. The van der Waals surface area contributed by atoms with Crippen molar-refractivity contribution >= 4 is 22.5 Å². The Labute approximate surface area is 148 Å². The molecule has 0 fully saturated rings. The second kappa shape index (κ2) is 8.53. The van der Waals surface area contributed by atoms with Gasteiger partial charge in [0.15, 0.2) is 0 Å². The molecule has 0 saturated carbocycles. The number of nitro groups is 1. The van der Waals surface area contributed by atoms with E-state index in [1.54, 1.807) is 19.9 Å². The van der Waals surface area contributed by atoms with Crippen LogP contribution >= 0.6 is 0 Å². The van der Waals surface area contributed by atoms with Crippen LogP contribution in [0.2, 0.25) is 0 Å². The van der Waals surface area contributed by atoms with Gasteiger partial charge in [-0.3, -0.25) is 19.1 Å². The monoisotopic (exact) mass is 361 g/mol. The number of nitro benzene ring substituents is 1. The molecular weight excluding hydrogens is 342 g/mol. The Balaban J connectivity index is 2.21. The van der Waals surface area contributed by atoms with E-state index in [0.717, 1.165) is 5.56 Å². The maximum atomic E-state index is 12.9. The topological polar surface area (TPSA) is 86.5 Å². The normalized spacial score (nSPS) is 13.2. The largest absolute Gasteiger partial charge is 0.460 e. The molecule has 2 aromatic carbocycles. The molecule has 0 aliphatic carbocycles. The number of hydrogen-bond donors (Lipinski definition) is 0. The zero-order valence-corrected chi connectivity index (χ0v) is 14.8. The van der Waals surface area contributed by atoms with Crippen molar-refractivity contribution in [2.75, 3.05) is 0 Å². The minimum Gasteiger partial charge on any atom is -0.460 e. The van der Waals surface area contributed by atoms with E-state index in [1.807, 2.05) is 30.3 Å². The first-order valence-electron chi connectivity index (χ1n) is 7.76. The van der Waals surface area contributed by atoms with Crippen LogP contribution in [-0.2, 0) is 26.9 Å². The molecule has 0 aliphatic rings. The average Bonchev–Trinajstić information content (AvgIpc) is 2.60. The Morgan fingerprint density at radius 1 is 1.12 bits per heavy atom. The molecule has 7 heteroatoms. The molecule has 2 unspecified atom stereocenters. The second-order valence-electron chi connectivity index (χ2n) is 5.78. The van der Waals surface area contributed by atoms with E-state index in [-0.39, 0.29) is 23.1 Å². The van der Waals surface area contributed by atoms with Gasteiger partial charge >= 0.3 is 5.97 Å². The van der Waals surface area contributed by atoms with E-state index >= 15 is 0 Å². The van der Waals surface area contributed by atoms with Crippen LogP contribution in [0.1, 0.15) is 19.4 Å². The number of nitrogens with zero attached hydrogens (tertiary/aromatic N) is 1. The lowest BCUT2D eigenvalue weighted by atomic mass is 10.1. The summed E-state index contributed by atoms with van der Waals surface area (Å²) in [6.07, 6.45) is 0. The Hall–Kier alpha value is -2.54. The van der Waals surface area contributed by atoms with Crippen LogP contribution in [0.3, 0.4) is 0 Å². The van der Waals surface area contributed by atoms with E-state index < -0.39 is 26.9 Å². The molecule has 0 bridgehead atoms. The molecule has 2 atom stereocenters. The molecule has 2 aromatic rings. The smallest absolute Gasteiger partial charge is 0.322 e. The number of carbonyl (C=O) groups is 1. The lowest BCUT2D eigenvalue weighted by molar-refractivity contribution is -0.387. The summed E-state index contributed by atoms with van der Waals surface area (Å²) in [5.74, 6) is -0.931. The van der Waals surface area contributed by atoms with Crippen LogP contribution in [0.5, 0.6) is 0 Å². The van der Waals surface area contributed by atoms with Gasteiger partial charge in [-0.1, -0.05) is 56.3 Å². The summed E-state index contributed by atoms with van der Waals surface area (Å²) in [6, 6.07) is 14.9. The Kier molecular flexibility index (Phi) is 6.41. The van der Waals surface area contributed by atoms with Crippen LogP contribution in [0.25, 0.3) is 0 Å². The second-order valence-corrected chi connectivity index (χ2v) is 7.32. The van der Waals surface area contributed by atoms with Crippen molar-refractivity contribution in [1.29, 1.82) is 0 Å². The van der Waals surface area contributed by atoms with Gasteiger partial charge in [-0.2, -0.15) is 0 Å². The minimum atomic E-state index is -1.89. The summed E-state index contributed by atoms with van der Waals surface area (Å²) in [7, 11) is -1.89. The van der Waals surface area contributed by atoms with Crippen molar-refractivity contribution in [2.24, 2.45) is 5.92 Å². The third-order valence-electron chi connectivity index (χ3n) is 3.57. The third-order valence-corrected chi connectivity index (χ3v) is 5.55. The van der Waals surface area contributed by atoms with Crippen LogP contribution in [-0.4, -0.2) is 20.4 Å². The van der Waals surface area contributed by atoms with E-state index in [4.69, 9.17) is 4.74 Å². The van der Waals surface area contributed by atoms with Crippen molar-refractivity contribution in [3.05, 3.63) is 70.3 Å². The summed E-state index contributed by atoms with van der Waals surface area (Å²) in [5.41, 5.74) is 0.553. The lowest BCUT2D eigenvalue weighted by Crippen LogP contribution is -2.33. The number of carbonyl (C=O) groups excluding carboxylic acids is 1. The van der Waals surface area contributed by atoms with E-state index in [0.29, 0.717) is 0 Å². The van der Waals surface area contributed by atoms with Gasteiger partial charge in [0, 0.05) is 6.07 Å². The Morgan fingerprint density at radius 3 is 2.32 bits per heavy atom. The molecule has 0 radical (unpaired) electrons. The molecule has 0 N–H and O–H groups in total. The van der Waals surface area contributed by atoms with Crippen LogP contribution in [0.15, 0.2) is 59.5 Å². The lowest BCUT2D eigenvalue weighted by Gasteiger charge is -2.19. The number of rotatable bonds is 7. The van der Waals surface area contributed by atoms with Gasteiger partial charge in [0.25, 0.3) is 5.69 Å². The maximum absolute atomic E-state index is 12.9. The number of para-hydroxylation sites is 1. The number of ether oxygens (including phenoxy) is 1. The van der Waals surface area contributed by atoms with Crippen molar-refractivity contribution in [1.82, 2.24) is 0 Å². The predicted molar refractivity (Wildman–Crippen MR) is 94.4 cm³/mol. The molecule has 0 spiro atoms. The molecule has 2 rings (SSSR count). The molecular formula is C18H19NO5S. The van der Waals surface area contributed by atoms with Crippen molar-refractivity contribution in [3.8, 4) is 0 Å². The van der Waals surface area contributed by atoms with Gasteiger partial charge in [0.1, 0.15) is 16.8 Å². The van der Waals surface area contributed by atoms with E-state index in [9.17, 15) is 19.1 Å². The fourth-order valence-corrected chi connectivity index (χ4v) is 3.90. The first kappa shape index (κ1) is 18.8. The molecule has 0 heterocycles. The molecule has 0 aromatic heterocycles. The number of hydrogen-bond acceptors (Lipinski definition) is 5. The van der Waals surface area contributed by atoms with Gasteiger partial charge in [-0.25, -0.2) is 0 Å². The number of esters is 1. The van der Waals surface area contributed by atoms with E-state index in [2.05, 4.69) is 0 Å². The predicted octanol–water partition coefficient (Wildman–Crippen LogP) is 3.47. The van der Waals surface area contributed by atoms with Gasteiger partial charge in [0.05, 0.1) is 15.7 Å². The summed E-state index contributed by atoms with van der Waals surface area (Å²) < 4.78 is 18.2. The van der Waals surface area contributed by atoms with Crippen molar-refractivity contribution in [2.45, 2.75) is 30.6 Å². The van der Waals surface area contributed by atoms with Crippen LogP contribution < -0.4 is 0 Å². The maximum Gasteiger partial charge on any atom is 0.322 e. The number of benzene rings is 2. The highest BCUT2D eigenvalue weighted by Gasteiger charge is 2.34. The molecule has 0 aliphatic heterocycles. The zero-order valence-electron chi connectivity index (χ0n) is 14.0. The minimum absolute atomic E-state index is 0.0304. The molecule has 25 heavy (non-hydrogen) atoms. The average molecular weight is 361 g/mol. The first-order chi connectivity index (χ1) is 11.9. The Morgan fingerprint density at radius 2 is 1.72 bits per heavy atom. The highest BCUT2D eigenvalue weighted by molar-refractivity contribution is 7.86. The summed E-state index contributed by atoms with van der Waals surface area (Å²) >= 11 is 0. The molecule has 132 valence electrons. The standard InChI is InChI=1S/C18H19NO5S/c1-13(2)17(18(20)24-12-14-8-4-3-5-9-14)25(23)16-11-7-6-10-15(16)19(21)22/h3-11,13,17H,12H2,1-2H3. The van der Waals surface area contributed by atoms with Gasteiger partial charge in [-0.05, 0) is 17.5 Å². The highest BCUT2D eigenvalue weighted by Crippen LogP contribution is 2.27. The summed E-state index contributed by atoms with van der Waals surface area (Å²) in [4.78, 5) is 23.1. The SMILES string of the molecule is CC(C)C(C(=O)OCc1ccccc1)S(=O)c1ccccc1[N+](=O)[O-]. The van der Waals surface area contributed by atoms with Crippen LogP contribution in [0, 0.1) is 16.0 Å². The molecule has 0 saturated heterocycles. The molecule has 0 amide bonds. The summed E-state index contributed by atoms with van der Waals surface area (Å²) in [6.45, 7) is 3.54. The quantitative estimate of drug-likeness (QED) is 0.428. The van der Waals surface area contributed by atoms with Gasteiger partial charge in [-0.15, -0.1) is 0 Å².